The molecule has 2 aromatic carbocycles. The molecule has 1 aliphatic carbocycles. The molecular weight excluding hydrogens is 1180 g/mol. The van der Waals surface area contributed by atoms with E-state index in [-0.39, 0.29) is 35.5 Å². The predicted octanol–water partition coefficient (Wildman–Crippen LogP) is 8.93. The monoisotopic (exact) mass is 1240 g/mol. The molecule has 0 saturated carbocycles. The summed E-state index contributed by atoms with van der Waals surface area (Å²) in [6, 6.07) is 14.3. The molecule has 0 bridgehead atoms. The highest BCUT2D eigenvalue weighted by atomic mass is 32.1. The van der Waals surface area contributed by atoms with Crippen LogP contribution in [-0.2, 0) is 36.5 Å². The predicted molar refractivity (Wildman–Crippen MR) is 313 cm³/mol. The second kappa shape index (κ2) is 29.6. The standard InChI is InChI=1S/C52H64N12O6S2.2C2HF3O2/c1-29(2)43-41(49(69)53-19-11-21-61(5)6)57-51(71-43)59-47(67)39-25-35(27-63(39)9)55-45(65)33-15-17-37-31(23-33)13-14-32-24-34(16-18-38(32)37)46(66)56-36-26-40(64(10)28-36)48(68)60-52-58-42(44(72-52)30(3)4)50(70)54-20-12-22-62(7)8;2*3-2(4,5)1(6)7/h15-18,23-30H,11-14,19-22H2,1-10H3,(H,53,69)(H,54,70)(H,55,65)(H,56,66)(H,57,59,67)(H,58,60,68);2*(H,6,7). The van der Waals surface area contributed by atoms with Crippen LogP contribution >= 0.6 is 22.7 Å². The maximum absolute atomic E-state index is 13.6. The van der Waals surface area contributed by atoms with Crippen molar-refractivity contribution in [3.05, 3.63) is 116 Å². The smallest absolute Gasteiger partial charge is 0.475 e. The van der Waals surface area contributed by atoms with E-state index in [0.717, 1.165) is 57.9 Å². The summed E-state index contributed by atoms with van der Waals surface area (Å²) in [6.07, 6.45) is -3.94. The lowest BCUT2D eigenvalue weighted by Crippen LogP contribution is -2.28. The van der Waals surface area contributed by atoms with Gasteiger partial charge >= 0.3 is 24.3 Å². The number of aromatic nitrogens is 4. The van der Waals surface area contributed by atoms with Gasteiger partial charge < -0.3 is 50.4 Å². The van der Waals surface area contributed by atoms with Gasteiger partial charge in [-0.25, -0.2) is 19.6 Å². The summed E-state index contributed by atoms with van der Waals surface area (Å²) in [5.74, 6) is -7.54. The van der Waals surface area contributed by atoms with Crippen LogP contribution in [0.5, 0.6) is 0 Å². The minimum atomic E-state index is -5.08. The molecule has 22 nitrogen and oxygen atoms in total. The maximum Gasteiger partial charge on any atom is 0.490 e. The van der Waals surface area contributed by atoms with Crippen LogP contribution in [0.4, 0.5) is 48.0 Å². The summed E-state index contributed by atoms with van der Waals surface area (Å²) in [6.45, 7) is 10.6. The Hall–Kier alpha value is -8.48. The van der Waals surface area contributed by atoms with E-state index >= 15 is 0 Å². The Labute approximate surface area is 498 Å². The number of fused-ring (bicyclic) bond motifs is 3. The Balaban J connectivity index is 0.000000858. The average molecular weight is 1250 g/mol. The molecule has 464 valence electrons. The first kappa shape index (κ1) is 68.3. The molecule has 6 aromatic rings. The third kappa shape index (κ3) is 19.0. The Morgan fingerprint density at radius 1 is 0.547 bits per heavy atom. The summed E-state index contributed by atoms with van der Waals surface area (Å²) < 4.78 is 66.7. The molecule has 0 atom stereocenters. The molecule has 1 aliphatic rings. The molecule has 30 heteroatoms. The lowest BCUT2D eigenvalue weighted by Gasteiger charge is -2.21. The van der Waals surface area contributed by atoms with Gasteiger partial charge in [-0.05, 0) is 137 Å². The zero-order chi connectivity index (χ0) is 64.1. The molecule has 7 rings (SSSR count). The average Bonchev–Trinajstić information content (AvgIpc) is 1.30. The normalized spacial score (nSPS) is 11.9. The number of halogens is 6. The highest BCUT2D eigenvalue weighted by Gasteiger charge is 2.39. The molecule has 0 unspecified atom stereocenters. The number of carbonyl (C=O) groups is 8. The number of aliphatic carboxylic acids is 2. The van der Waals surface area contributed by atoms with E-state index in [4.69, 9.17) is 19.8 Å². The van der Waals surface area contributed by atoms with Gasteiger partial charge in [-0.1, -0.05) is 39.8 Å². The Bertz CT molecular complexity index is 3250. The second-order valence-corrected chi connectivity index (χ2v) is 22.8. The van der Waals surface area contributed by atoms with Gasteiger partial charge in [-0.15, -0.1) is 22.7 Å². The van der Waals surface area contributed by atoms with Crippen LogP contribution in [0.25, 0.3) is 11.1 Å². The molecule has 4 aromatic heterocycles. The van der Waals surface area contributed by atoms with Crippen molar-refractivity contribution in [1.29, 1.82) is 0 Å². The van der Waals surface area contributed by atoms with Crippen molar-refractivity contribution in [3.63, 3.8) is 0 Å². The number of hydrogen-bond donors (Lipinski definition) is 8. The summed E-state index contributed by atoms with van der Waals surface area (Å²) in [7, 11) is 11.3. The van der Waals surface area contributed by atoms with Crippen molar-refractivity contribution in [3.8, 4) is 11.1 Å². The number of nitrogens with zero attached hydrogens (tertiary/aromatic N) is 6. The van der Waals surface area contributed by atoms with Crippen molar-refractivity contribution in [1.82, 2.24) is 39.5 Å². The lowest BCUT2D eigenvalue weighted by molar-refractivity contribution is -0.193. The van der Waals surface area contributed by atoms with Gasteiger partial charge in [-0.3, -0.25) is 39.4 Å². The van der Waals surface area contributed by atoms with Crippen LogP contribution < -0.4 is 31.9 Å². The molecule has 6 amide bonds. The van der Waals surface area contributed by atoms with E-state index in [1.165, 1.54) is 22.7 Å². The Morgan fingerprint density at radius 3 is 1.19 bits per heavy atom. The molecule has 0 fully saturated rings. The molecule has 86 heavy (non-hydrogen) atoms. The number of carboxylic acid groups (broad SMARTS) is 2. The quantitative estimate of drug-likeness (QED) is 0.0262. The minimum Gasteiger partial charge on any atom is -0.475 e. The van der Waals surface area contributed by atoms with Crippen LogP contribution in [0.1, 0.15) is 136 Å². The van der Waals surface area contributed by atoms with Gasteiger partial charge in [0.15, 0.2) is 10.3 Å². The minimum absolute atomic E-state index is 0.0233. The summed E-state index contributed by atoms with van der Waals surface area (Å²) in [5, 5.41) is 32.3. The number of nitrogens with one attached hydrogen (secondary N) is 6. The third-order valence-corrected chi connectivity index (χ3v) is 15.1. The second-order valence-electron chi connectivity index (χ2n) is 20.7. The van der Waals surface area contributed by atoms with Crippen LogP contribution in [-0.4, -0.2) is 153 Å². The van der Waals surface area contributed by atoms with E-state index in [1.54, 1.807) is 59.9 Å². The molecule has 4 heterocycles. The zero-order valence-corrected chi connectivity index (χ0v) is 50.1. The first-order chi connectivity index (χ1) is 40.1. The van der Waals surface area contributed by atoms with E-state index in [1.807, 2.05) is 80.2 Å². The first-order valence-corrected chi connectivity index (χ1v) is 28.1. The van der Waals surface area contributed by atoms with Gasteiger partial charge in [-0.2, -0.15) is 26.3 Å². The summed E-state index contributed by atoms with van der Waals surface area (Å²) >= 11 is 2.54. The van der Waals surface area contributed by atoms with Gasteiger partial charge in [0.1, 0.15) is 22.8 Å². The van der Waals surface area contributed by atoms with Crippen molar-refractivity contribution in [2.45, 2.75) is 77.6 Å². The molecule has 0 aliphatic heterocycles. The van der Waals surface area contributed by atoms with Gasteiger partial charge in [0.25, 0.3) is 35.4 Å². The van der Waals surface area contributed by atoms with Crippen LogP contribution in [0.15, 0.2) is 60.9 Å². The Morgan fingerprint density at radius 2 is 0.884 bits per heavy atom. The van der Waals surface area contributed by atoms with Gasteiger partial charge in [0.2, 0.25) is 0 Å². The first-order valence-electron chi connectivity index (χ1n) is 26.5. The molecule has 0 spiro atoms. The molecule has 0 radical (unpaired) electrons. The largest absolute Gasteiger partial charge is 0.490 e. The lowest BCUT2D eigenvalue weighted by atomic mass is 9.84. The van der Waals surface area contributed by atoms with E-state index < -0.39 is 36.1 Å². The molecule has 8 N–H and O–H groups in total. The number of hydrogen-bond acceptors (Lipinski definition) is 14. The number of carboxylic acids is 2. The van der Waals surface area contributed by atoms with Crippen LogP contribution in [0, 0.1) is 0 Å². The number of thiazole rings is 2. The van der Waals surface area contributed by atoms with Crippen LogP contribution in [0.2, 0.25) is 0 Å². The van der Waals surface area contributed by atoms with Gasteiger partial charge in [0, 0.05) is 60.5 Å². The van der Waals surface area contributed by atoms with E-state index in [0.29, 0.717) is 81.5 Å². The number of anilines is 4. The maximum atomic E-state index is 13.6. The number of aryl methyl sites for hydroxylation is 4. The third-order valence-electron chi connectivity index (χ3n) is 12.5. The van der Waals surface area contributed by atoms with Gasteiger partial charge in [0.05, 0.1) is 11.4 Å². The van der Waals surface area contributed by atoms with E-state index in [2.05, 4.69) is 51.7 Å². The molecular formula is C56H66F6N12O10S2. The fourth-order valence-corrected chi connectivity index (χ4v) is 10.3. The highest BCUT2D eigenvalue weighted by Crippen LogP contribution is 2.36. The van der Waals surface area contributed by atoms with Crippen molar-refractivity contribution >= 4 is 91.7 Å². The summed E-state index contributed by atoms with van der Waals surface area (Å²) in [4.78, 5) is 113. The van der Waals surface area contributed by atoms with Crippen molar-refractivity contribution in [2.75, 3.05) is 75.6 Å². The van der Waals surface area contributed by atoms with Crippen LogP contribution in [0.3, 0.4) is 0 Å². The number of rotatable bonds is 20. The van der Waals surface area contributed by atoms with E-state index in [9.17, 15) is 55.1 Å². The number of alkyl halides is 6. The summed E-state index contributed by atoms with van der Waals surface area (Å²) in [5.41, 5.74) is 6.93. The van der Waals surface area contributed by atoms with Crippen molar-refractivity contribution < 1.29 is 74.9 Å². The SMILES string of the molecule is CC(C)c1sc(NC(=O)c2cc(NC(=O)c3ccc4c(c3)CCc3cc(C(=O)Nc5cc(C(=O)Nc6nc(C(=O)NCCCN(C)C)c(C(C)C)s6)n(C)c5)ccc3-4)cn2C)nc1C(=O)NCCCN(C)C.O=C(O)C(F)(F)F.O=C(O)C(F)(F)F. The zero-order valence-electron chi connectivity index (χ0n) is 48.5. The fourth-order valence-electron chi connectivity index (χ4n) is 8.37. The number of carbonyl (C=O) groups excluding carboxylic acids is 6. The number of benzene rings is 2. The fraction of sp³-hybridized carbons (Fsp3) is 0.393. The highest BCUT2D eigenvalue weighted by molar-refractivity contribution is 7.16. The topological polar surface area (TPSA) is 291 Å². The molecule has 0 saturated heterocycles. The van der Waals surface area contributed by atoms with Crippen molar-refractivity contribution in [2.24, 2.45) is 14.1 Å². The Kier molecular flexibility index (Phi) is 23.5. The number of amides is 6.